The van der Waals surface area contributed by atoms with Crippen LogP contribution >= 0.6 is 0 Å². The molecule has 0 aromatic rings. The van der Waals surface area contributed by atoms with Crippen LogP contribution in [0.3, 0.4) is 0 Å². The third-order valence-electron chi connectivity index (χ3n) is 0.353. The van der Waals surface area contributed by atoms with E-state index in [2.05, 4.69) is 6.58 Å². The molecular formula is C4H8OS. The van der Waals surface area contributed by atoms with E-state index in [4.69, 9.17) is 0 Å². The molecule has 0 rings (SSSR count). The average molecular weight is 104 g/mol. The third kappa shape index (κ3) is 3.89. The van der Waals surface area contributed by atoms with Crippen LogP contribution in [0.25, 0.3) is 0 Å². The summed E-state index contributed by atoms with van der Waals surface area (Å²) >= 11 is 0. The lowest BCUT2D eigenvalue weighted by atomic mass is 10.8. The van der Waals surface area contributed by atoms with Crippen molar-refractivity contribution in [2.45, 2.75) is 0 Å². The topological polar surface area (TPSA) is 17.1 Å². The molecule has 1 atom stereocenters. The first-order chi connectivity index (χ1) is 2.77. The lowest BCUT2D eigenvalue weighted by Gasteiger charge is -1.77. The van der Waals surface area contributed by atoms with E-state index in [-0.39, 0.29) is 0 Å². The summed E-state index contributed by atoms with van der Waals surface area (Å²) in [5, 5.41) is 0. The molecule has 0 aromatic carbocycles. The fraction of sp³-hybridized carbons (Fsp3) is 0.500. The Morgan fingerprint density at radius 1 is 2.00 bits per heavy atom. The van der Waals surface area contributed by atoms with Gasteiger partial charge in [-0.3, -0.25) is 4.21 Å². The van der Waals surface area contributed by atoms with Crippen LogP contribution in [-0.2, 0) is 10.8 Å². The van der Waals surface area contributed by atoms with Gasteiger partial charge in [0.2, 0.25) is 0 Å². The highest BCUT2D eigenvalue weighted by atomic mass is 32.2. The normalized spacial score (nSPS) is 13.5. The standard InChI is InChI=1S/C4H8OS/c1-3-4-6(2)5/h3H,1,4H2,2H3/t6-/m1/s1. The zero-order valence-electron chi connectivity index (χ0n) is 3.81. The lowest BCUT2D eigenvalue weighted by Crippen LogP contribution is -1.86. The van der Waals surface area contributed by atoms with Crippen LogP contribution in [0.1, 0.15) is 0 Å². The molecule has 2 heteroatoms. The molecule has 0 aromatic heterocycles. The van der Waals surface area contributed by atoms with E-state index < -0.39 is 10.8 Å². The second kappa shape index (κ2) is 3.09. The molecule has 0 amide bonds. The molecule has 0 spiro atoms. The van der Waals surface area contributed by atoms with Gasteiger partial charge in [-0.2, -0.15) is 0 Å². The summed E-state index contributed by atoms with van der Waals surface area (Å²) in [6, 6.07) is 0. The highest BCUT2D eigenvalue weighted by Gasteiger charge is 1.76. The predicted octanol–water partition coefficient (Wildman–Crippen LogP) is 0.551. The molecule has 0 heterocycles. The van der Waals surface area contributed by atoms with E-state index in [0.717, 1.165) is 0 Å². The molecule has 0 radical (unpaired) electrons. The number of hydrogen-bond acceptors (Lipinski definition) is 1. The Kier molecular flexibility index (Phi) is 3.04. The first kappa shape index (κ1) is 5.89. The van der Waals surface area contributed by atoms with Crippen molar-refractivity contribution in [3.05, 3.63) is 12.7 Å². The molecule has 6 heavy (non-hydrogen) atoms. The second-order valence-electron chi connectivity index (χ2n) is 1.03. The van der Waals surface area contributed by atoms with Gasteiger partial charge in [-0.1, -0.05) is 6.08 Å². The summed E-state index contributed by atoms with van der Waals surface area (Å²) in [7, 11) is -0.684. The van der Waals surface area contributed by atoms with Gasteiger partial charge in [0, 0.05) is 22.8 Å². The first-order valence-electron chi connectivity index (χ1n) is 1.68. The maximum Gasteiger partial charge on any atom is 0.0409 e. The van der Waals surface area contributed by atoms with Crippen LogP contribution < -0.4 is 0 Å². The van der Waals surface area contributed by atoms with Gasteiger partial charge in [-0.25, -0.2) is 0 Å². The van der Waals surface area contributed by atoms with Crippen molar-refractivity contribution in [3.8, 4) is 0 Å². The summed E-state index contributed by atoms with van der Waals surface area (Å²) in [6.45, 7) is 3.41. The van der Waals surface area contributed by atoms with E-state index in [1.807, 2.05) is 0 Å². The van der Waals surface area contributed by atoms with Gasteiger partial charge < -0.3 is 0 Å². The minimum absolute atomic E-state index is 0.611. The molecule has 0 unspecified atom stereocenters. The molecule has 0 saturated carbocycles. The van der Waals surface area contributed by atoms with E-state index in [1.54, 1.807) is 12.3 Å². The number of rotatable bonds is 2. The highest BCUT2D eigenvalue weighted by Crippen LogP contribution is 1.70. The van der Waals surface area contributed by atoms with Crippen molar-refractivity contribution < 1.29 is 4.21 Å². The van der Waals surface area contributed by atoms with Gasteiger partial charge >= 0.3 is 0 Å². The Bertz CT molecular complexity index is 67.9. The molecule has 0 saturated heterocycles. The first-order valence-corrected chi connectivity index (χ1v) is 3.41. The zero-order valence-corrected chi connectivity index (χ0v) is 4.62. The van der Waals surface area contributed by atoms with Crippen molar-refractivity contribution in [2.75, 3.05) is 12.0 Å². The van der Waals surface area contributed by atoms with Crippen molar-refractivity contribution in [1.82, 2.24) is 0 Å². The van der Waals surface area contributed by atoms with Gasteiger partial charge in [0.05, 0.1) is 0 Å². The van der Waals surface area contributed by atoms with Crippen LogP contribution in [0.15, 0.2) is 12.7 Å². The van der Waals surface area contributed by atoms with Gasteiger partial charge in [0.1, 0.15) is 0 Å². The molecule has 0 bridgehead atoms. The summed E-state index contributed by atoms with van der Waals surface area (Å²) < 4.78 is 10.1. The second-order valence-corrected chi connectivity index (χ2v) is 2.51. The fourth-order valence-electron chi connectivity index (χ4n) is 0.166. The van der Waals surface area contributed by atoms with Gasteiger partial charge in [-0.15, -0.1) is 6.58 Å². The quantitative estimate of drug-likeness (QED) is 0.468. The summed E-state index contributed by atoms with van der Waals surface area (Å²) in [5.41, 5.74) is 0. The van der Waals surface area contributed by atoms with E-state index in [1.165, 1.54) is 0 Å². The smallest absolute Gasteiger partial charge is 0.0409 e. The minimum Gasteiger partial charge on any atom is -0.260 e. The van der Waals surface area contributed by atoms with Gasteiger partial charge in [-0.05, 0) is 0 Å². The van der Waals surface area contributed by atoms with Gasteiger partial charge in [0.15, 0.2) is 0 Å². The predicted molar refractivity (Wildman–Crippen MR) is 29.1 cm³/mol. The Morgan fingerprint density at radius 2 is 2.50 bits per heavy atom. The average Bonchev–Trinajstić information content (AvgIpc) is 1.35. The zero-order chi connectivity index (χ0) is 4.99. The minimum atomic E-state index is -0.684. The molecule has 1 nitrogen and oxygen atoms in total. The molecular weight excluding hydrogens is 96.1 g/mol. The van der Waals surface area contributed by atoms with Crippen molar-refractivity contribution >= 4 is 10.8 Å². The summed E-state index contributed by atoms with van der Waals surface area (Å²) in [5.74, 6) is 0.611. The molecule has 0 fully saturated rings. The van der Waals surface area contributed by atoms with Crippen LogP contribution in [0.2, 0.25) is 0 Å². The van der Waals surface area contributed by atoms with Crippen molar-refractivity contribution in [2.24, 2.45) is 0 Å². The monoisotopic (exact) mass is 104 g/mol. The summed E-state index contributed by atoms with van der Waals surface area (Å²) in [6.07, 6.45) is 3.30. The maximum absolute atomic E-state index is 10.1. The maximum atomic E-state index is 10.1. The molecule has 0 aliphatic heterocycles. The van der Waals surface area contributed by atoms with Crippen LogP contribution in [0, 0.1) is 0 Å². The molecule has 0 aliphatic rings. The SMILES string of the molecule is C=CC[S@@](C)=O. The third-order valence-corrected chi connectivity index (χ3v) is 1.06. The largest absolute Gasteiger partial charge is 0.260 e. The van der Waals surface area contributed by atoms with E-state index in [9.17, 15) is 4.21 Å². The van der Waals surface area contributed by atoms with Crippen molar-refractivity contribution in [3.63, 3.8) is 0 Å². The van der Waals surface area contributed by atoms with E-state index >= 15 is 0 Å². The fourth-order valence-corrected chi connectivity index (χ4v) is 0.498. The number of hydrogen-bond donors (Lipinski definition) is 0. The Labute approximate surface area is 40.5 Å². The van der Waals surface area contributed by atoms with Crippen LogP contribution in [0.4, 0.5) is 0 Å². The Balaban J connectivity index is 3.05. The molecule has 0 aliphatic carbocycles. The molecule has 36 valence electrons. The van der Waals surface area contributed by atoms with Crippen LogP contribution in [-0.4, -0.2) is 16.2 Å². The Hall–Kier alpha value is -0.110. The van der Waals surface area contributed by atoms with Crippen molar-refractivity contribution in [1.29, 1.82) is 0 Å². The van der Waals surface area contributed by atoms with E-state index in [0.29, 0.717) is 5.75 Å². The lowest BCUT2D eigenvalue weighted by molar-refractivity contribution is 0.688. The Morgan fingerprint density at radius 3 is 2.50 bits per heavy atom. The summed E-state index contributed by atoms with van der Waals surface area (Å²) in [4.78, 5) is 0. The molecule has 0 N–H and O–H groups in total. The van der Waals surface area contributed by atoms with Gasteiger partial charge in [0.25, 0.3) is 0 Å². The van der Waals surface area contributed by atoms with Crippen LogP contribution in [0.5, 0.6) is 0 Å². The highest BCUT2D eigenvalue weighted by molar-refractivity contribution is 7.84.